The summed E-state index contributed by atoms with van der Waals surface area (Å²) in [5, 5.41) is 3.43. The van der Waals surface area contributed by atoms with Crippen molar-refractivity contribution in [2.24, 2.45) is 0 Å². The minimum absolute atomic E-state index is 0.128. The number of likely N-dealkylation sites (tertiary alicyclic amines) is 1. The van der Waals surface area contributed by atoms with Crippen molar-refractivity contribution in [1.29, 1.82) is 0 Å². The van der Waals surface area contributed by atoms with Crippen LogP contribution in [0.15, 0.2) is 6.07 Å². The summed E-state index contributed by atoms with van der Waals surface area (Å²) in [5.74, 6) is -0.384. The second-order valence-electron chi connectivity index (χ2n) is 4.80. The molecular formula is C14H20N2O3S. The Hall–Kier alpha value is -1.56. The van der Waals surface area contributed by atoms with E-state index in [1.165, 1.54) is 17.8 Å². The van der Waals surface area contributed by atoms with Crippen LogP contribution in [0.4, 0.5) is 9.80 Å². The minimum atomic E-state index is -0.384. The fourth-order valence-electron chi connectivity index (χ4n) is 2.24. The molecule has 0 saturated carbocycles. The molecule has 0 atom stereocenters. The number of nitrogens with one attached hydrogen (secondary N) is 1. The molecule has 1 aromatic heterocycles. The number of aryl methyl sites for hydroxylation is 1. The maximum absolute atomic E-state index is 12.2. The molecule has 0 spiro atoms. The molecule has 5 nitrogen and oxygen atoms in total. The van der Waals surface area contributed by atoms with Gasteiger partial charge in [0.15, 0.2) is 0 Å². The standard InChI is InChI=1S/C14H20N2O3S/c1-3-19-13(17)11-9-10(2)20-12(11)15-14(18)16-7-5-4-6-8-16/h9H,3-8H2,1-2H3,(H,15,18). The Labute approximate surface area is 122 Å². The smallest absolute Gasteiger partial charge is 0.341 e. The van der Waals surface area contributed by atoms with Crippen molar-refractivity contribution in [3.8, 4) is 0 Å². The summed E-state index contributed by atoms with van der Waals surface area (Å²) in [6, 6.07) is 1.63. The van der Waals surface area contributed by atoms with Gasteiger partial charge in [0.05, 0.1) is 12.2 Å². The van der Waals surface area contributed by atoms with Gasteiger partial charge in [-0.2, -0.15) is 0 Å². The van der Waals surface area contributed by atoms with Gasteiger partial charge in [0.1, 0.15) is 5.00 Å². The van der Waals surface area contributed by atoms with E-state index in [1.54, 1.807) is 17.9 Å². The van der Waals surface area contributed by atoms with E-state index in [2.05, 4.69) is 5.32 Å². The first-order valence-corrected chi connectivity index (χ1v) is 7.77. The molecule has 0 unspecified atom stereocenters. The molecule has 0 aromatic carbocycles. The molecule has 20 heavy (non-hydrogen) atoms. The van der Waals surface area contributed by atoms with Crippen LogP contribution in [0.5, 0.6) is 0 Å². The molecule has 1 aromatic rings. The average Bonchev–Trinajstić information content (AvgIpc) is 2.81. The van der Waals surface area contributed by atoms with E-state index in [9.17, 15) is 9.59 Å². The number of thiophene rings is 1. The molecule has 0 radical (unpaired) electrons. The van der Waals surface area contributed by atoms with E-state index < -0.39 is 0 Å². The van der Waals surface area contributed by atoms with Gasteiger partial charge >= 0.3 is 12.0 Å². The predicted molar refractivity (Wildman–Crippen MR) is 79.5 cm³/mol. The van der Waals surface area contributed by atoms with Crippen molar-refractivity contribution in [2.75, 3.05) is 25.0 Å². The number of rotatable bonds is 3. The molecule has 1 N–H and O–H groups in total. The molecule has 0 bridgehead atoms. The predicted octanol–water partition coefficient (Wildman–Crippen LogP) is 3.25. The zero-order chi connectivity index (χ0) is 14.5. The third-order valence-electron chi connectivity index (χ3n) is 3.21. The lowest BCUT2D eigenvalue weighted by Gasteiger charge is -2.26. The maximum atomic E-state index is 12.2. The molecule has 2 heterocycles. The van der Waals surface area contributed by atoms with Crippen LogP contribution in [0.1, 0.15) is 41.4 Å². The summed E-state index contributed by atoms with van der Waals surface area (Å²) >= 11 is 1.40. The summed E-state index contributed by atoms with van der Waals surface area (Å²) in [6.07, 6.45) is 3.26. The Balaban J connectivity index is 2.08. The topological polar surface area (TPSA) is 58.6 Å². The molecule has 110 valence electrons. The van der Waals surface area contributed by atoms with Crippen LogP contribution in [0, 0.1) is 6.92 Å². The van der Waals surface area contributed by atoms with Gasteiger partial charge in [0, 0.05) is 18.0 Å². The number of anilines is 1. The normalized spacial score (nSPS) is 15.0. The first kappa shape index (κ1) is 14.8. The lowest BCUT2D eigenvalue weighted by molar-refractivity contribution is 0.0528. The van der Waals surface area contributed by atoms with Crippen molar-refractivity contribution in [3.63, 3.8) is 0 Å². The average molecular weight is 296 g/mol. The minimum Gasteiger partial charge on any atom is -0.462 e. The summed E-state index contributed by atoms with van der Waals surface area (Å²) in [6.45, 7) is 5.57. The number of ether oxygens (including phenoxy) is 1. The zero-order valence-corrected chi connectivity index (χ0v) is 12.7. The molecule has 1 saturated heterocycles. The number of nitrogens with zero attached hydrogens (tertiary/aromatic N) is 1. The van der Waals surface area contributed by atoms with E-state index in [4.69, 9.17) is 4.74 Å². The number of piperidine rings is 1. The second-order valence-corrected chi connectivity index (χ2v) is 6.05. The van der Waals surface area contributed by atoms with Crippen molar-refractivity contribution in [2.45, 2.75) is 33.1 Å². The maximum Gasteiger partial charge on any atom is 0.341 e. The molecular weight excluding hydrogens is 276 g/mol. The van der Waals surface area contributed by atoms with Crippen LogP contribution in [0.3, 0.4) is 0 Å². The molecule has 2 amide bonds. The number of hydrogen-bond donors (Lipinski definition) is 1. The third-order valence-corrected chi connectivity index (χ3v) is 4.18. The van der Waals surface area contributed by atoms with Crippen molar-refractivity contribution < 1.29 is 14.3 Å². The highest BCUT2D eigenvalue weighted by Gasteiger charge is 2.21. The number of esters is 1. The molecule has 1 aliphatic heterocycles. The van der Waals surface area contributed by atoms with E-state index in [1.807, 2.05) is 6.92 Å². The van der Waals surface area contributed by atoms with E-state index in [0.29, 0.717) is 17.2 Å². The second kappa shape index (κ2) is 6.74. The first-order valence-electron chi connectivity index (χ1n) is 6.95. The van der Waals surface area contributed by atoms with Gasteiger partial charge in [-0.15, -0.1) is 11.3 Å². The van der Waals surface area contributed by atoms with Gasteiger partial charge < -0.3 is 9.64 Å². The molecule has 1 aliphatic rings. The highest BCUT2D eigenvalue weighted by Crippen LogP contribution is 2.28. The van der Waals surface area contributed by atoms with Gasteiger partial charge in [-0.3, -0.25) is 5.32 Å². The lowest BCUT2D eigenvalue weighted by Crippen LogP contribution is -2.38. The van der Waals surface area contributed by atoms with Crippen LogP contribution in [-0.2, 0) is 4.74 Å². The summed E-state index contributed by atoms with van der Waals surface area (Å²) in [7, 11) is 0. The first-order chi connectivity index (χ1) is 9.61. The van der Waals surface area contributed by atoms with Gasteiger partial charge in [-0.25, -0.2) is 9.59 Å². The number of carbonyl (C=O) groups excluding carboxylic acids is 2. The van der Waals surface area contributed by atoms with E-state index in [0.717, 1.165) is 30.8 Å². The van der Waals surface area contributed by atoms with Crippen LogP contribution < -0.4 is 5.32 Å². The van der Waals surface area contributed by atoms with Crippen molar-refractivity contribution in [1.82, 2.24) is 4.90 Å². The fourth-order valence-corrected chi connectivity index (χ4v) is 3.13. The summed E-state index contributed by atoms with van der Waals surface area (Å²) < 4.78 is 5.01. The Morgan fingerprint density at radius 1 is 1.35 bits per heavy atom. The molecule has 2 rings (SSSR count). The van der Waals surface area contributed by atoms with Crippen molar-refractivity contribution >= 4 is 28.3 Å². The zero-order valence-electron chi connectivity index (χ0n) is 11.9. The number of hydrogen-bond acceptors (Lipinski definition) is 4. The summed E-state index contributed by atoms with van der Waals surface area (Å²) in [4.78, 5) is 26.8. The van der Waals surface area contributed by atoms with Crippen LogP contribution in [-0.4, -0.2) is 36.6 Å². The van der Waals surface area contributed by atoms with Crippen LogP contribution in [0.2, 0.25) is 0 Å². The quantitative estimate of drug-likeness (QED) is 0.871. The van der Waals surface area contributed by atoms with Gasteiger partial charge in [-0.1, -0.05) is 0 Å². The number of carbonyl (C=O) groups is 2. The SMILES string of the molecule is CCOC(=O)c1cc(C)sc1NC(=O)N1CCCCC1. The lowest BCUT2D eigenvalue weighted by atomic mass is 10.1. The molecule has 6 heteroatoms. The van der Waals surface area contributed by atoms with Gasteiger partial charge in [0.2, 0.25) is 0 Å². The third kappa shape index (κ3) is 3.50. The number of amides is 2. The summed E-state index contributed by atoms with van der Waals surface area (Å²) in [5.41, 5.74) is 0.444. The monoisotopic (exact) mass is 296 g/mol. The Kier molecular flexibility index (Phi) is 5.00. The largest absolute Gasteiger partial charge is 0.462 e. The highest BCUT2D eigenvalue weighted by atomic mass is 32.1. The van der Waals surface area contributed by atoms with Crippen molar-refractivity contribution in [3.05, 3.63) is 16.5 Å². The Morgan fingerprint density at radius 3 is 2.70 bits per heavy atom. The fraction of sp³-hybridized carbons (Fsp3) is 0.571. The Morgan fingerprint density at radius 2 is 2.05 bits per heavy atom. The Bertz CT molecular complexity index is 493. The molecule has 1 fully saturated rings. The molecule has 0 aliphatic carbocycles. The highest BCUT2D eigenvalue weighted by molar-refractivity contribution is 7.16. The van der Waals surface area contributed by atoms with E-state index in [-0.39, 0.29) is 12.0 Å². The van der Waals surface area contributed by atoms with Gasteiger partial charge in [0.25, 0.3) is 0 Å². The number of urea groups is 1. The van der Waals surface area contributed by atoms with Gasteiger partial charge in [-0.05, 0) is 39.2 Å². The van der Waals surface area contributed by atoms with E-state index >= 15 is 0 Å². The van der Waals surface area contributed by atoms with Crippen LogP contribution in [0.25, 0.3) is 0 Å². The van der Waals surface area contributed by atoms with Crippen LogP contribution >= 0.6 is 11.3 Å².